The summed E-state index contributed by atoms with van der Waals surface area (Å²) in [6.07, 6.45) is 6.36. The second-order valence-corrected chi connectivity index (χ2v) is 5.95. The molecule has 1 saturated heterocycles. The zero-order chi connectivity index (χ0) is 14.2. The number of halogens is 1. The lowest BCUT2D eigenvalue weighted by Crippen LogP contribution is -2.37. The van der Waals surface area contributed by atoms with Crippen LogP contribution >= 0.6 is 0 Å². The molecular weight excluding hydrogens is 251 g/mol. The van der Waals surface area contributed by atoms with Crippen molar-refractivity contribution in [2.75, 3.05) is 26.2 Å². The average molecular weight is 278 g/mol. The Kier molecular flexibility index (Phi) is 6.48. The number of hydrogen-bond donors (Lipinski definition) is 1. The quantitative estimate of drug-likeness (QED) is 0.859. The van der Waals surface area contributed by atoms with E-state index in [4.69, 9.17) is 0 Å². The maximum absolute atomic E-state index is 13.1. The van der Waals surface area contributed by atoms with Gasteiger partial charge in [0, 0.05) is 19.1 Å². The molecule has 1 aliphatic heterocycles. The Morgan fingerprint density at radius 2 is 1.95 bits per heavy atom. The van der Waals surface area contributed by atoms with Crippen molar-refractivity contribution in [2.45, 2.75) is 45.1 Å². The Morgan fingerprint density at radius 3 is 2.65 bits per heavy atom. The van der Waals surface area contributed by atoms with Crippen LogP contribution in [0.3, 0.4) is 0 Å². The number of likely N-dealkylation sites (tertiary alicyclic amines) is 1. The SMILES string of the molecule is CC(Cc1cccc(F)c1)NCCN1CCCCCC1. The predicted molar refractivity (Wildman–Crippen MR) is 82.5 cm³/mol. The first-order chi connectivity index (χ1) is 9.74. The Labute approximate surface area is 122 Å². The van der Waals surface area contributed by atoms with E-state index in [2.05, 4.69) is 17.1 Å². The molecule has 0 bridgehead atoms. The van der Waals surface area contributed by atoms with Crippen LogP contribution in [0.4, 0.5) is 4.39 Å². The van der Waals surface area contributed by atoms with Crippen LogP contribution in [0.25, 0.3) is 0 Å². The number of benzene rings is 1. The molecule has 1 aliphatic rings. The molecule has 20 heavy (non-hydrogen) atoms. The topological polar surface area (TPSA) is 15.3 Å². The molecule has 1 N–H and O–H groups in total. The lowest BCUT2D eigenvalue weighted by molar-refractivity contribution is 0.280. The van der Waals surface area contributed by atoms with Crippen LogP contribution in [0.1, 0.15) is 38.2 Å². The van der Waals surface area contributed by atoms with Crippen LogP contribution < -0.4 is 5.32 Å². The number of nitrogens with one attached hydrogen (secondary N) is 1. The van der Waals surface area contributed by atoms with Gasteiger partial charge in [-0.3, -0.25) is 0 Å². The second-order valence-electron chi connectivity index (χ2n) is 5.95. The van der Waals surface area contributed by atoms with Crippen molar-refractivity contribution in [3.8, 4) is 0 Å². The van der Waals surface area contributed by atoms with Gasteiger partial charge >= 0.3 is 0 Å². The van der Waals surface area contributed by atoms with Crippen molar-refractivity contribution in [2.24, 2.45) is 0 Å². The van der Waals surface area contributed by atoms with E-state index in [1.165, 1.54) is 44.8 Å². The maximum Gasteiger partial charge on any atom is 0.123 e. The Balaban J connectivity index is 1.65. The van der Waals surface area contributed by atoms with Gasteiger partial charge in [0.2, 0.25) is 0 Å². The summed E-state index contributed by atoms with van der Waals surface area (Å²) in [6, 6.07) is 7.31. The molecule has 112 valence electrons. The van der Waals surface area contributed by atoms with Gasteiger partial charge in [-0.15, -0.1) is 0 Å². The van der Waals surface area contributed by atoms with E-state index in [0.717, 1.165) is 25.1 Å². The first-order valence-electron chi connectivity index (χ1n) is 7.94. The maximum atomic E-state index is 13.1. The lowest BCUT2D eigenvalue weighted by Gasteiger charge is -2.21. The van der Waals surface area contributed by atoms with Gasteiger partial charge in [0.15, 0.2) is 0 Å². The smallest absolute Gasteiger partial charge is 0.123 e. The van der Waals surface area contributed by atoms with Crippen LogP contribution in [-0.2, 0) is 6.42 Å². The van der Waals surface area contributed by atoms with Gasteiger partial charge < -0.3 is 10.2 Å². The van der Waals surface area contributed by atoms with Crippen LogP contribution in [0, 0.1) is 5.82 Å². The molecule has 0 aliphatic carbocycles. The fourth-order valence-corrected chi connectivity index (χ4v) is 2.92. The summed E-state index contributed by atoms with van der Waals surface area (Å²) >= 11 is 0. The highest BCUT2D eigenvalue weighted by Gasteiger charge is 2.09. The monoisotopic (exact) mass is 278 g/mol. The standard InChI is InChI=1S/C17H27FN2/c1-15(13-16-7-6-8-17(18)14-16)19-9-12-20-10-4-2-3-5-11-20/h6-8,14-15,19H,2-5,9-13H2,1H3. The minimum Gasteiger partial charge on any atom is -0.313 e. The molecule has 0 aromatic heterocycles. The molecule has 1 aromatic carbocycles. The van der Waals surface area contributed by atoms with Gasteiger partial charge in [0.05, 0.1) is 0 Å². The third-order valence-electron chi connectivity index (χ3n) is 4.05. The molecule has 2 rings (SSSR count). The van der Waals surface area contributed by atoms with Crippen molar-refractivity contribution in [1.29, 1.82) is 0 Å². The van der Waals surface area contributed by atoms with Crippen molar-refractivity contribution < 1.29 is 4.39 Å². The van der Waals surface area contributed by atoms with Gasteiger partial charge in [0.1, 0.15) is 5.82 Å². The van der Waals surface area contributed by atoms with Crippen molar-refractivity contribution in [3.05, 3.63) is 35.6 Å². The zero-order valence-corrected chi connectivity index (χ0v) is 12.6. The zero-order valence-electron chi connectivity index (χ0n) is 12.6. The van der Waals surface area contributed by atoms with E-state index < -0.39 is 0 Å². The highest BCUT2D eigenvalue weighted by Crippen LogP contribution is 2.09. The molecule has 0 spiro atoms. The molecule has 1 heterocycles. The summed E-state index contributed by atoms with van der Waals surface area (Å²) in [6.45, 7) is 6.83. The first kappa shape index (κ1) is 15.5. The number of rotatable bonds is 6. The van der Waals surface area contributed by atoms with E-state index in [1.807, 2.05) is 6.07 Å². The Morgan fingerprint density at radius 1 is 1.20 bits per heavy atom. The largest absolute Gasteiger partial charge is 0.313 e. The van der Waals surface area contributed by atoms with Crippen LogP contribution in [0.2, 0.25) is 0 Å². The van der Waals surface area contributed by atoms with Gasteiger partial charge in [-0.1, -0.05) is 25.0 Å². The van der Waals surface area contributed by atoms with Gasteiger partial charge in [-0.2, -0.15) is 0 Å². The van der Waals surface area contributed by atoms with Gasteiger partial charge in [-0.25, -0.2) is 4.39 Å². The fourth-order valence-electron chi connectivity index (χ4n) is 2.92. The second kappa shape index (κ2) is 8.38. The van der Waals surface area contributed by atoms with Crippen LogP contribution in [0.15, 0.2) is 24.3 Å². The summed E-state index contributed by atoms with van der Waals surface area (Å²) in [5.41, 5.74) is 1.07. The molecule has 0 amide bonds. The Bertz CT molecular complexity index is 386. The average Bonchev–Trinajstić information content (AvgIpc) is 2.67. The summed E-state index contributed by atoms with van der Waals surface area (Å²) in [5, 5.41) is 3.55. The first-order valence-corrected chi connectivity index (χ1v) is 7.94. The van der Waals surface area contributed by atoms with E-state index in [0.29, 0.717) is 6.04 Å². The molecule has 1 atom stereocenters. The molecule has 0 saturated carbocycles. The minimum absolute atomic E-state index is 0.140. The van der Waals surface area contributed by atoms with Gasteiger partial charge in [-0.05, 0) is 57.0 Å². The van der Waals surface area contributed by atoms with E-state index in [9.17, 15) is 4.39 Å². The summed E-state index contributed by atoms with van der Waals surface area (Å²) in [7, 11) is 0. The van der Waals surface area contributed by atoms with Gasteiger partial charge in [0.25, 0.3) is 0 Å². The third kappa shape index (κ3) is 5.59. The van der Waals surface area contributed by atoms with Crippen molar-refractivity contribution in [3.63, 3.8) is 0 Å². The molecule has 0 radical (unpaired) electrons. The Hall–Kier alpha value is -0.930. The lowest BCUT2D eigenvalue weighted by atomic mass is 10.1. The van der Waals surface area contributed by atoms with Crippen LogP contribution in [0.5, 0.6) is 0 Å². The number of hydrogen-bond acceptors (Lipinski definition) is 2. The summed E-state index contributed by atoms with van der Waals surface area (Å²) in [5.74, 6) is -0.140. The van der Waals surface area contributed by atoms with Crippen molar-refractivity contribution >= 4 is 0 Å². The molecule has 1 fully saturated rings. The molecule has 3 heteroatoms. The highest BCUT2D eigenvalue weighted by atomic mass is 19.1. The molecular formula is C17H27FN2. The highest BCUT2D eigenvalue weighted by molar-refractivity contribution is 5.17. The molecule has 1 aromatic rings. The third-order valence-corrected chi connectivity index (χ3v) is 4.05. The van der Waals surface area contributed by atoms with Crippen LogP contribution in [-0.4, -0.2) is 37.1 Å². The fraction of sp³-hybridized carbons (Fsp3) is 0.647. The normalized spacial score (nSPS) is 18.7. The van der Waals surface area contributed by atoms with E-state index >= 15 is 0 Å². The summed E-state index contributed by atoms with van der Waals surface area (Å²) < 4.78 is 13.1. The molecule has 1 unspecified atom stereocenters. The van der Waals surface area contributed by atoms with E-state index in [1.54, 1.807) is 12.1 Å². The van der Waals surface area contributed by atoms with E-state index in [-0.39, 0.29) is 5.82 Å². The molecule has 2 nitrogen and oxygen atoms in total. The number of nitrogens with zero attached hydrogens (tertiary/aromatic N) is 1. The summed E-state index contributed by atoms with van der Waals surface area (Å²) in [4.78, 5) is 2.56. The van der Waals surface area contributed by atoms with Crippen molar-refractivity contribution in [1.82, 2.24) is 10.2 Å². The predicted octanol–water partition coefficient (Wildman–Crippen LogP) is 3.22. The minimum atomic E-state index is -0.140.